The number of hydrogen-bond donors (Lipinski definition) is 0. The largest absolute Gasteiger partial charge is 0.333 e. The summed E-state index contributed by atoms with van der Waals surface area (Å²) in [6.45, 7) is 0. The molecule has 3 nitrogen and oxygen atoms in total. The first-order chi connectivity index (χ1) is 6.27. The molecule has 1 aromatic carbocycles. The summed E-state index contributed by atoms with van der Waals surface area (Å²) in [7, 11) is 0. The zero-order valence-electron chi connectivity index (χ0n) is 6.37. The third-order valence-corrected chi connectivity index (χ3v) is 2.27. The Morgan fingerprint density at radius 1 is 1.31 bits per heavy atom. The second-order valence-corrected chi connectivity index (χ2v) is 3.72. The Morgan fingerprint density at radius 2 is 2.08 bits per heavy atom. The summed E-state index contributed by atoms with van der Waals surface area (Å²) in [6, 6.07) is 7.35. The Kier molecular flexibility index (Phi) is 2.50. The number of benzene rings is 1. The van der Waals surface area contributed by atoms with E-state index in [1.54, 1.807) is 6.07 Å². The fourth-order valence-electron chi connectivity index (χ4n) is 0.950. The van der Waals surface area contributed by atoms with Crippen LogP contribution in [0.4, 0.5) is 0 Å². The van der Waals surface area contributed by atoms with E-state index >= 15 is 0 Å². The molecule has 0 N–H and O–H groups in total. The van der Waals surface area contributed by atoms with Crippen LogP contribution < -0.4 is 0 Å². The molecule has 0 bridgehead atoms. The van der Waals surface area contributed by atoms with Crippen LogP contribution in [0.15, 0.2) is 28.8 Å². The van der Waals surface area contributed by atoms with Crippen LogP contribution in [0.3, 0.4) is 0 Å². The normalized spacial score (nSPS) is 10.3. The highest BCUT2D eigenvalue weighted by Crippen LogP contribution is 2.25. The number of hydrogen-bond acceptors (Lipinski definition) is 3. The van der Waals surface area contributed by atoms with Gasteiger partial charge in [-0.3, -0.25) is 0 Å². The molecular weight excluding hydrogens is 302 g/mol. The Bertz CT molecular complexity index is 430. The van der Waals surface area contributed by atoms with Gasteiger partial charge in [-0.2, -0.15) is 4.98 Å². The SMILES string of the molecule is Clc1ccccc1-c1nc(I)no1. The average Bonchev–Trinajstić information content (AvgIpc) is 2.53. The van der Waals surface area contributed by atoms with Crippen molar-refractivity contribution in [3.8, 4) is 11.5 Å². The van der Waals surface area contributed by atoms with Crippen molar-refractivity contribution in [3.63, 3.8) is 0 Å². The lowest BCUT2D eigenvalue weighted by molar-refractivity contribution is 0.426. The average molecular weight is 306 g/mol. The van der Waals surface area contributed by atoms with Crippen molar-refractivity contribution in [1.29, 1.82) is 0 Å². The summed E-state index contributed by atoms with van der Waals surface area (Å²) < 4.78 is 5.55. The van der Waals surface area contributed by atoms with Crippen LogP contribution >= 0.6 is 34.2 Å². The molecule has 0 amide bonds. The van der Waals surface area contributed by atoms with E-state index in [1.807, 2.05) is 40.8 Å². The lowest BCUT2D eigenvalue weighted by Gasteiger charge is -1.95. The highest BCUT2D eigenvalue weighted by molar-refractivity contribution is 14.1. The molecule has 13 heavy (non-hydrogen) atoms. The van der Waals surface area contributed by atoms with E-state index in [-0.39, 0.29) is 0 Å². The third kappa shape index (κ3) is 1.83. The maximum atomic E-state index is 5.94. The molecule has 0 saturated carbocycles. The molecule has 0 fully saturated rings. The van der Waals surface area contributed by atoms with E-state index in [0.717, 1.165) is 5.56 Å². The number of halogens is 2. The van der Waals surface area contributed by atoms with Crippen LogP contribution in [0.25, 0.3) is 11.5 Å². The molecule has 2 aromatic rings. The van der Waals surface area contributed by atoms with Crippen LogP contribution in [0.5, 0.6) is 0 Å². The van der Waals surface area contributed by atoms with Crippen molar-refractivity contribution in [2.24, 2.45) is 0 Å². The molecule has 0 aliphatic carbocycles. The van der Waals surface area contributed by atoms with E-state index < -0.39 is 0 Å². The van der Waals surface area contributed by atoms with Crippen molar-refractivity contribution in [3.05, 3.63) is 33.1 Å². The molecule has 0 radical (unpaired) electrons. The Morgan fingerprint density at radius 3 is 2.69 bits per heavy atom. The van der Waals surface area contributed by atoms with Crippen LogP contribution in [0.2, 0.25) is 5.02 Å². The highest BCUT2D eigenvalue weighted by Gasteiger charge is 2.09. The highest BCUT2D eigenvalue weighted by atomic mass is 127. The molecule has 2 rings (SSSR count). The van der Waals surface area contributed by atoms with Crippen molar-refractivity contribution in [2.75, 3.05) is 0 Å². The minimum absolute atomic E-state index is 0.454. The molecular formula is C8H4ClIN2O. The Hall–Kier alpha value is -0.620. The third-order valence-electron chi connectivity index (χ3n) is 1.51. The molecule has 0 aliphatic heterocycles. The number of nitrogens with zero attached hydrogens (tertiary/aromatic N) is 2. The Labute approximate surface area is 93.2 Å². The fraction of sp³-hybridized carbons (Fsp3) is 0. The van der Waals surface area contributed by atoms with Crippen LogP contribution in [-0.4, -0.2) is 10.1 Å². The van der Waals surface area contributed by atoms with Gasteiger partial charge in [0.2, 0.25) is 3.83 Å². The molecule has 5 heteroatoms. The van der Waals surface area contributed by atoms with Gasteiger partial charge in [0.25, 0.3) is 5.89 Å². The van der Waals surface area contributed by atoms with E-state index in [2.05, 4.69) is 10.1 Å². The molecule has 66 valence electrons. The van der Waals surface area contributed by atoms with E-state index in [9.17, 15) is 0 Å². The summed E-state index contributed by atoms with van der Waals surface area (Å²) in [5.41, 5.74) is 0.764. The summed E-state index contributed by atoms with van der Waals surface area (Å²) in [4.78, 5) is 4.07. The van der Waals surface area contributed by atoms with E-state index in [0.29, 0.717) is 14.7 Å². The lowest BCUT2D eigenvalue weighted by atomic mass is 10.2. The number of aromatic nitrogens is 2. The predicted molar refractivity (Wildman–Crippen MR) is 57.5 cm³/mol. The standard InChI is InChI=1S/C8H4ClIN2O/c9-6-4-2-1-3-5(6)7-11-8(10)12-13-7/h1-4H. The summed E-state index contributed by atoms with van der Waals surface area (Å²) in [5.74, 6) is 0.454. The topological polar surface area (TPSA) is 38.9 Å². The smallest absolute Gasteiger partial charge is 0.260 e. The summed E-state index contributed by atoms with van der Waals surface area (Å²) >= 11 is 7.92. The van der Waals surface area contributed by atoms with Gasteiger partial charge in [-0.25, -0.2) is 0 Å². The minimum atomic E-state index is 0.454. The molecule has 1 heterocycles. The quantitative estimate of drug-likeness (QED) is 0.760. The minimum Gasteiger partial charge on any atom is -0.333 e. The maximum Gasteiger partial charge on any atom is 0.260 e. The molecule has 1 aromatic heterocycles. The van der Waals surface area contributed by atoms with Crippen molar-refractivity contribution in [1.82, 2.24) is 10.1 Å². The lowest BCUT2D eigenvalue weighted by Crippen LogP contribution is -1.78. The fourth-order valence-corrected chi connectivity index (χ4v) is 1.48. The van der Waals surface area contributed by atoms with Crippen LogP contribution in [0, 0.1) is 3.83 Å². The summed E-state index contributed by atoms with van der Waals surface area (Å²) in [6.07, 6.45) is 0. The van der Waals surface area contributed by atoms with Crippen LogP contribution in [-0.2, 0) is 0 Å². The molecule has 0 spiro atoms. The zero-order chi connectivity index (χ0) is 9.26. The molecule has 0 unspecified atom stereocenters. The number of rotatable bonds is 1. The van der Waals surface area contributed by atoms with E-state index in [4.69, 9.17) is 16.1 Å². The van der Waals surface area contributed by atoms with Gasteiger partial charge < -0.3 is 4.52 Å². The van der Waals surface area contributed by atoms with Gasteiger partial charge in [0.15, 0.2) is 0 Å². The first kappa shape index (κ1) is 8.96. The van der Waals surface area contributed by atoms with Gasteiger partial charge in [0.1, 0.15) is 0 Å². The van der Waals surface area contributed by atoms with Gasteiger partial charge in [-0.1, -0.05) is 28.9 Å². The van der Waals surface area contributed by atoms with Crippen LogP contribution in [0.1, 0.15) is 0 Å². The van der Waals surface area contributed by atoms with Gasteiger partial charge in [-0.05, 0) is 12.1 Å². The van der Waals surface area contributed by atoms with Crippen molar-refractivity contribution < 1.29 is 4.52 Å². The maximum absolute atomic E-state index is 5.94. The van der Waals surface area contributed by atoms with Gasteiger partial charge in [0.05, 0.1) is 10.6 Å². The van der Waals surface area contributed by atoms with Gasteiger partial charge in [0, 0.05) is 22.6 Å². The van der Waals surface area contributed by atoms with Crippen molar-refractivity contribution >= 4 is 34.2 Å². The second-order valence-electron chi connectivity index (χ2n) is 2.35. The van der Waals surface area contributed by atoms with Gasteiger partial charge >= 0.3 is 0 Å². The molecule has 0 saturated heterocycles. The first-order valence-corrected chi connectivity index (χ1v) is 4.97. The molecule has 0 aliphatic rings. The Balaban J connectivity index is 2.52. The first-order valence-electron chi connectivity index (χ1n) is 3.51. The second kappa shape index (κ2) is 3.63. The monoisotopic (exact) mass is 306 g/mol. The van der Waals surface area contributed by atoms with E-state index in [1.165, 1.54) is 0 Å². The summed E-state index contributed by atoms with van der Waals surface area (Å²) in [5, 5.41) is 4.29. The zero-order valence-corrected chi connectivity index (χ0v) is 9.28. The van der Waals surface area contributed by atoms with Gasteiger partial charge in [-0.15, -0.1) is 0 Å². The molecule has 0 atom stereocenters. The predicted octanol–water partition coefficient (Wildman–Crippen LogP) is 2.99. The van der Waals surface area contributed by atoms with Crippen molar-refractivity contribution in [2.45, 2.75) is 0 Å².